The van der Waals surface area contributed by atoms with Crippen LogP contribution in [0.3, 0.4) is 0 Å². The van der Waals surface area contributed by atoms with E-state index in [1.165, 1.54) is 92.3 Å². The Kier molecular flexibility index (Phi) is 12.3. The van der Waals surface area contributed by atoms with Gasteiger partial charge < -0.3 is 19.1 Å². The fraction of sp³-hybridized carbons (Fsp3) is 0.138. The molecule has 74 heavy (non-hydrogen) atoms. The molecule has 0 amide bonds. The summed E-state index contributed by atoms with van der Waals surface area (Å²) in [6, 6.07) is 65.9. The van der Waals surface area contributed by atoms with Crippen molar-refractivity contribution in [1.29, 1.82) is 0 Å². The molecule has 10 aromatic rings. The lowest BCUT2D eigenvalue weighted by Crippen LogP contribution is -2.41. The predicted molar refractivity (Wildman–Crippen MR) is 296 cm³/mol. The normalized spacial score (nSPS) is 14.8. The molecule has 0 N–H and O–H groups in total. The largest absolute Gasteiger partial charge is 0.494 e. The van der Waals surface area contributed by atoms with Crippen LogP contribution in [0.5, 0.6) is 0 Å². The van der Waals surface area contributed by atoms with E-state index in [0.717, 1.165) is 50.7 Å². The van der Waals surface area contributed by atoms with E-state index in [9.17, 15) is 17.6 Å². The van der Waals surface area contributed by atoms with Gasteiger partial charge in [-0.05, 0) is 215 Å². The van der Waals surface area contributed by atoms with Gasteiger partial charge in [0.15, 0.2) is 0 Å². The fourth-order valence-corrected chi connectivity index (χ4v) is 10.3. The number of hydrogen-bond donors (Lipinski definition) is 0. The molecule has 0 bridgehead atoms. The number of rotatable bonds is 8. The molecule has 10 aromatic carbocycles. The van der Waals surface area contributed by atoms with Crippen molar-refractivity contribution in [2.45, 2.75) is 58.2 Å². The molecule has 4 nitrogen and oxygen atoms in total. The Bertz CT molecular complexity index is 3570. The number of anilines is 6. The summed E-state index contributed by atoms with van der Waals surface area (Å²) in [4.78, 5) is 3.94. The Hall–Kier alpha value is -7.98. The van der Waals surface area contributed by atoms with E-state index in [0.29, 0.717) is 0 Å². The van der Waals surface area contributed by atoms with E-state index < -0.39 is 18.3 Å². The average molecular weight is 981 g/mol. The number of fused-ring (bicyclic) bond motifs is 7. The first-order valence-electron chi connectivity index (χ1n) is 24.8. The first-order chi connectivity index (χ1) is 35.5. The highest BCUT2D eigenvalue weighted by atomic mass is 19.1. The predicted octanol–water partition coefficient (Wildman–Crippen LogP) is 17.4. The van der Waals surface area contributed by atoms with Gasteiger partial charge in [-0.25, -0.2) is 17.6 Å². The van der Waals surface area contributed by atoms with Gasteiger partial charge in [0.2, 0.25) is 0 Å². The number of nitrogens with zero attached hydrogens (tertiary/aromatic N) is 2. The van der Waals surface area contributed by atoms with Crippen LogP contribution in [-0.4, -0.2) is 18.3 Å². The van der Waals surface area contributed by atoms with Gasteiger partial charge >= 0.3 is 7.12 Å². The van der Waals surface area contributed by atoms with Crippen LogP contribution >= 0.6 is 0 Å². The molecule has 0 radical (unpaired) electrons. The summed E-state index contributed by atoms with van der Waals surface area (Å²) in [6.45, 7) is 12.7. The molecule has 0 atom stereocenters. The van der Waals surface area contributed by atoms with Crippen molar-refractivity contribution in [3.8, 4) is 22.3 Å². The maximum Gasteiger partial charge on any atom is 0.494 e. The lowest BCUT2D eigenvalue weighted by molar-refractivity contribution is 0.00578. The van der Waals surface area contributed by atoms with Gasteiger partial charge in [-0.1, -0.05) is 98.8 Å². The van der Waals surface area contributed by atoms with Crippen molar-refractivity contribution < 1.29 is 26.9 Å². The van der Waals surface area contributed by atoms with Crippen molar-refractivity contribution in [3.05, 3.63) is 247 Å². The van der Waals surface area contributed by atoms with E-state index in [4.69, 9.17) is 9.31 Å². The maximum absolute atomic E-state index is 13.8. The maximum atomic E-state index is 13.8. The highest BCUT2D eigenvalue weighted by Gasteiger charge is 2.51. The van der Waals surface area contributed by atoms with Crippen molar-refractivity contribution in [2.24, 2.45) is 0 Å². The molecule has 9 heteroatoms. The third-order valence-corrected chi connectivity index (χ3v) is 15.0. The van der Waals surface area contributed by atoms with Crippen molar-refractivity contribution in [1.82, 2.24) is 0 Å². The summed E-state index contributed by atoms with van der Waals surface area (Å²) >= 11 is 0. The van der Waals surface area contributed by atoms with Crippen LogP contribution in [0.1, 0.15) is 52.7 Å². The molecule has 1 heterocycles. The van der Waals surface area contributed by atoms with E-state index in [1.54, 1.807) is 48.5 Å². The Balaban J connectivity index is 0.000000171. The minimum Gasteiger partial charge on any atom is -0.399 e. The molecular formula is C65H53BF4N2O2. The summed E-state index contributed by atoms with van der Waals surface area (Å²) < 4.78 is 66.7. The van der Waals surface area contributed by atoms with Gasteiger partial charge in [-0.2, -0.15) is 0 Å². The highest BCUT2D eigenvalue weighted by Crippen LogP contribution is 2.53. The van der Waals surface area contributed by atoms with E-state index in [-0.39, 0.29) is 28.7 Å². The van der Waals surface area contributed by atoms with Crippen LogP contribution in [0.4, 0.5) is 51.7 Å². The minimum absolute atomic E-state index is 0.136. The molecule has 1 saturated heterocycles. The summed E-state index contributed by atoms with van der Waals surface area (Å²) in [7, 11) is -0.450. The smallest absolute Gasteiger partial charge is 0.399 e. The topological polar surface area (TPSA) is 24.9 Å². The van der Waals surface area contributed by atoms with Crippen molar-refractivity contribution in [2.75, 3.05) is 9.80 Å². The second kappa shape index (κ2) is 18.8. The third kappa shape index (κ3) is 8.90. The molecule has 1 aliphatic heterocycles. The third-order valence-electron chi connectivity index (χ3n) is 15.0. The zero-order chi connectivity index (χ0) is 51.5. The molecule has 1 fully saturated rings. The lowest BCUT2D eigenvalue weighted by Gasteiger charge is -2.32. The SMILES string of the molecule is CC1(C)OB(c2ccc(N(c3ccc(F)cc3)c3ccc(F)cc3)cc2)OC1(C)C.CC1(C)c2cc(-c3ccc(N(c4ccc(F)cc4)c4ccc(F)cc4)cc3)ccc2-c2c1ccc1c2ccc2ccccc21. The van der Waals surface area contributed by atoms with Crippen LogP contribution in [-0.2, 0) is 14.7 Å². The van der Waals surface area contributed by atoms with Crippen LogP contribution in [0.25, 0.3) is 43.8 Å². The van der Waals surface area contributed by atoms with Gasteiger partial charge in [-0.15, -0.1) is 0 Å². The second-order valence-electron chi connectivity index (χ2n) is 20.6. The first kappa shape index (κ1) is 48.3. The number of halogens is 4. The minimum atomic E-state index is -0.450. The van der Waals surface area contributed by atoms with Crippen LogP contribution in [0.15, 0.2) is 212 Å². The fourth-order valence-electron chi connectivity index (χ4n) is 10.3. The molecule has 0 aromatic heterocycles. The van der Waals surface area contributed by atoms with Crippen LogP contribution in [0.2, 0.25) is 0 Å². The molecule has 1 aliphatic carbocycles. The van der Waals surface area contributed by atoms with Crippen molar-refractivity contribution >= 4 is 68.3 Å². The Morgan fingerprint density at radius 2 is 0.770 bits per heavy atom. The first-order valence-corrected chi connectivity index (χ1v) is 24.8. The number of benzene rings is 10. The molecule has 0 spiro atoms. The molecule has 0 saturated carbocycles. The van der Waals surface area contributed by atoms with E-state index >= 15 is 0 Å². The summed E-state index contributed by atoms with van der Waals surface area (Å²) in [5, 5.41) is 5.13. The summed E-state index contributed by atoms with van der Waals surface area (Å²) in [5.41, 5.74) is 12.4. The quantitative estimate of drug-likeness (QED) is 0.0860. The van der Waals surface area contributed by atoms with Crippen molar-refractivity contribution in [3.63, 3.8) is 0 Å². The molecule has 2 aliphatic rings. The second-order valence-corrected chi connectivity index (χ2v) is 20.6. The van der Waals surface area contributed by atoms with E-state index in [2.05, 4.69) is 105 Å². The Labute approximate surface area is 430 Å². The van der Waals surface area contributed by atoms with E-state index in [1.807, 2.05) is 61.8 Å². The van der Waals surface area contributed by atoms with Gasteiger partial charge in [0.05, 0.1) is 11.2 Å². The Morgan fingerprint density at radius 1 is 0.365 bits per heavy atom. The standard InChI is InChI=1S/C41H29F2N.C24H24BF2NO2/c1-41(2)38-24-23-35-34-6-4-3-5-27(34)9-21-36(35)40(38)37-22-10-28(25-39(37)41)26-7-15-31(16-8-26)44(32-17-11-29(42)12-18-32)33-19-13-30(43)14-20-33;1-23(2)24(3,4)30-25(29-23)17-5-11-20(12-6-17)28(21-13-7-18(26)8-14-21)22-15-9-19(27)10-16-22/h3-25H,1-2H3;5-16H,1-4H3. The monoisotopic (exact) mass is 980 g/mol. The average Bonchev–Trinajstić information content (AvgIpc) is 3.80. The molecular weight excluding hydrogens is 928 g/mol. The lowest BCUT2D eigenvalue weighted by atomic mass is 9.79. The number of hydrogen-bond acceptors (Lipinski definition) is 4. The molecule has 0 unspecified atom stereocenters. The van der Waals surface area contributed by atoms with Gasteiger partial charge in [0.25, 0.3) is 0 Å². The van der Waals surface area contributed by atoms with Crippen LogP contribution in [0, 0.1) is 23.3 Å². The van der Waals surface area contributed by atoms with Gasteiger partial charge in [0, 0.05) is 39.5 Å². The highest BCUT2D eigenvalue weighted by molar-refractivity contribution is 6.62. The zero-order valence-electron chi connectivity index (χ0n) is 42.0. The van der Waals surface area contributed by atoms with Gasteiger partial charge in [-0.3, -0.25) is 0 Å². The zero-order valence-corrected chi connectivity index (χ0v) is 42.0. The molecule has 12 rings (SSSR count). The summed E-state index contributed by atoms with van der Waals surface area (Å²) in [5.74, 6) is -1.22. The Morgan fingerprint density at radius 3 is 1.24 bits per heavy atom. The summed E-state index contributed by atoms with van der Waals surface area (Å²) in [6.07, 6.45) is 0. The van der Waals surface area contributed by atoms with Gasteiger partial charge in [0.1, 0.15) is 23.3 Å². The molecule has 366 valence electrons. The van der Waals surface area contributed by atoms with Crippen LogP contribution < -0.4 is 15.3 Å².